The fourth-order valence-electron chi connectivity index (χ4n) is 3.20. The van der Waals surface area contributed by atoms with E-state index >= 15 is 0 Å². The molecule has 0 saturated carbocycles. The molecule has 0 amide bonds. The van der Waals surface area contributed by atoms with Gasteiger partial charge in [0.25, 0.3) is 0 Å². The van der Waals surface area contributed by atoms with Gasteiger partial charge in [-0.15, -0.1) is 0 Å². The molecule has 16 heteroatoms. The van der Waals surface area contributed by atoms with Crippen molar-refractivity contribution >= 4 is 45.8 Å². The van der Waals surface area contributed by atoms with E-state index in [2.05, 4.69) is 33.9 Å². The first-order valence-electron chi connectivity index (χ1n) is 11.5. The summed E-state index contributed by atoms with van der Waals surface area (Å²) in [6.45, 7) is 11.7. The van der Waals surface area contributed by atoms with E-state index in [-0.39, 0.29) is 0 Å². The molecule has 214 valence electrons. The fraction of sp³-hybridized carbons (Fsp3) is 1.00. The predicted molar refractivity (Wildman–Crippen MR) is 137 cm³/mol. The molecule has 0 spiro atoms. The van der Waals surface area contributed by atoms with Crippen LogP contribution in [-0.4, -0.2) is 59.9 Å². The van der Waals surface area contributed by atoms with E-state index in [1.807, 2.05) is 0 Å². The SMILES string of the molecule is CCCC[P+](CCCC)(CCCC)CCC[Si](C)(C)Cl.O=S(=O)([N-]S(=O)(=O)C(F)(F)F)C(F)(F)F. The zero-order chi connectivity index (χ0) is 28.2. The van der Waals surface area contributed by atoms with Gasteiger partial charge in [0.15, 0.2) is 27.4 Å². The predicted octanol–water partition coefficient (Wildman–Crippen LogP) is 8.30. The van der Waals surface area contributed by atoms with E-state index in [0.717, 1.165) is 4.13 Å². The molecule has 0 aromatic carbocycles. The molecular weight excluding hydrogens is 579 g/mol. The summed E-state index contributed by atoms with van der Waals surface area (Å²) in [5.41, 5.74) is -12.4. The van der Waals surface area contributed by atoms with Gasteiger partial charge in [-0.3, -0.25) is 0 Å². The number of sulfonamides is 2. The number of nitrogens with zero attached hydrogens (tertiary/aromatic N) is 1. The molecule has 0 N–H and O–H groups in total. The van der Waals surface area contributed by atoms with Crippen LogP contribution >= 0.6 is 18.3 Å². The van der Waals surface area contributed by atoms with Crippen molar-refractivity contribution in [1.29, 1.82) is 0 Å². The van der Waals surface area contributed by atoms with Crippen LogP contribution in [0.4, 0.5) is 26.3 Å². The summed E-state index contributed by atoms with van der Waals surface area (Å²) in [4.78, 5) is 0. The number of hydrogen-bond acceptors (Lipinski definition) is 4. The maximum absolute atomic E-state index is 11.4. The Labute approximate surface area is 213 Å². The topological polar surface area (TPSA) is 82.4 Å². The van der Waals surface area contributed by atoms with E-state index in [0.29, 0.717) is 0 Å². The van der Waals surface area contributed by atoms with Crippen molar-refractivity contribution in [2.45, 2.75) is 95.9 Å². The lowest BCUT2D eigenvalue weighted by molar-refractivity contribution is -0.0444. The second-order valence-electron chi connectivity index (χ2n) is 9.04. The Morgan fingerprint density at radius 1 is 0.686 bits per heavy atom. The van der Waals surface area contributed by atoms with Crippen LogP contribution in [0.3, 0.4) is 0 Å². The molecule has 0 aliphatic rings. The van der Waals surface area contributed by atoms with Crippen molar-refractivity contribution in [3.63, 3.8) is 0 Å². The third-order valence-corrected chi connectivity index (χ3v) is 15.1. The van der Waals surface area contributed by atoms with Gasteiger partial charge in [-0.2, -0.15) is 37.4 Å². The molecule has 0 fully saturated rings. The van der Waals surface area contributed by atoms with Crippen molar-refractivity contribution in [2.24, 2.45) is 0 Å². The van der Waals surface area contributed by atoms with Crippen LogP contribution in [0.25, 0.3) is 4.13 Å². The highest BCUT2D eigenvalue weighted by atomic mass is 35.6. The minimum Gasteiger partial charge on any atom is -0.421 e. The molecular formula is C19H39ClF6NO4PS2Si. The number of unbranched alkanes of at least 4 members (excludes halogenated alkanes) is 3. The van der Waals surface area contributed by atoms with Crippen LogP contribution in [0.1, 0.15) is 65.7 Å². The van der Waals surface area contributed by atoms with Gasteiger partial charge in [-0.1, -0.05) is 53.1 Å². The van der Waals surface area contributed by atoms with Crippen molar-refractivity contribution in [3.8, 4) is 0 Å². The van der Waals surface area contributed by atoms with E-state index in [1.165, 1.54) is 57.2 Å². The van der Waals surface area contributed by atoms with Crippen LogP contribution in [0.2, 0.25) is 19.1 Å². The van der Waals surface area contributed by atoms with E-state index in [9.17, 15) is 43.2 Å². The van der Waals surface area contributed by atoms with Gasteiger partial charge in [0, 0.05) is 7.26 Å². The average Bonchev–Trinajstić information content (AvgIpc) is 2.66. The van der Waals surface area contributed by atoms with E-state index in [4.69, 9.17) is 11.1 Å². The molecule has 0 aromatic rings. The van der Waals surface area contributed by atoms with Crippen molar-refractivity contribution in [1.82, 2.24) is 0 Å². The molecule has 0 saturated heterocycles. The molecule has 0 radical (unpaired) electrons. The van der Waals surface area contributed by atoms with Gasteiger partial charge in [-0.25, -0.2) is 16.8 Å². The first kappa shape index (κ1) is 37.5. The highest BCUT2D eigenvalue weighted by molar-refractivity contribution is 8.13. The number of hydrogen-bond donors (Lipinski definition) is 0. The standard InChI is InChI=1S/C17H39ClPSi.C2F6NO4S2/c1-6-9-13-19(14-10-7-2,15-11-8-3)16-12-17-20(4,5)18;3-1(4,5)14(10,11)9-15(12,13)2(6,7)8/h6-17H2,1-5H3;/q+1;-1. The maximum Gasteiger partial charge on any atom is 0.480 e. The molecule has 0 rings (SSSR count). The van der Waals surface area contributed by atoms with Crippen LogP contribution in [-0.2, 0) is 20.0 Å². The highest BCUT2D eigenvalue weighted by Crippen LogP contribution is 2.61. The second-order valence-corrected chi connectivity index (χ2v) is 23.9. The Bertz CT molecular complexity index is 740. The lowest BCUT2D eigenvalue weighted by Crippen LogP contribution is -2.30. The smallest absolute Gasteiger partial charge is 0.421 e. The summed E-state index contributed by atoms with van der Waals surface area (Å²) in [6, 6.07) is 1.32. The number of alkyl halides is 6. The zero-order valence-electron chi connectivity index (χ0n) is 21.0. The summed E-state index contributed by atoms with van der Waals surface area (Å²) in [5, 5.41) is 0. The summed E-state index contributed by atoms with van der Waals surface area (Å²) < 4.78 is 109. The Morgan fingerprint density at radius 2 is 0.971 bits per heavy atom. The van der Waals surface area contributed by atoms with Crippen molar-refractivity contribution in [2.75, 3.05) is 24.6 Å². The third kappa shape index (κ3) is 16.1. The van der Waals surface area contributed by atoms with Crippen LogP contribution in [0.15, 0.2) is 0 Å². The third-order valence-electron chi connectivity index (χ3n) is 5.14. The highest BCUT2D eigenvalue weighted by Gasteiger charge is 2.47. The van der Waals surface area contributed by atoms with Crippen molar-refractivity contribution < 1.29 is 43.2 Å². The van der Waals surface area contributed by atoms with Crippen molar-refractivity contribution in [3.05, 3.63) is 4.13 Å². The fourth-order valence-corrected chi connectivity index (χ4v) is 11.8. The maximum atomic E-state index is 11.4. The summed E-state index contributed by atoms with van der Waals surface area (Å²) in [5.74, 6) is 0. The quantitative estimate of drug-likeness (QED) is 0.0801. The van der Waals surface area contributed by atoms with Crippen LogP contribution in [0, 0.1) is 0 Å². The summed E-state index contributed by atoms with van der Waals surface area (Å²) in [7, 11) is -15.5. The molecule has 0 bridgehead atoms. The van der Waals surface area contributed by atoms with Gasteiger partial charge in [-0.05, 0) is 31.7 Å². The second kappa shape index (κ2) is 15.7. The molecule has 0 aromatic heterocycles. The van der Waals surface area contributed by atoms with E-state index < -0.39 is 45.7 Å². The first-order valence-corrected chi connectivity index (χ1v) is 21.1. The Morgan fingerprint density at radius 3 is 1.20 bits per heavy atom. The van der Waals surface area contributed by atoms with Gasteiger partial charge in [0.1, 0.15) is 0 Å². The molecule has 0 aliphatic heterocycles. The Balaban J connectivity index is 0. The normalized spacial score (nSPS) is 13.9. The van der Waals surface area contributed by atoms with E-state index in [1.54, 1.807) is 18.5 Å². The van der Waals surface area contributed by atoms with Crippen LogP contribution in [0.5, 0.6) is 0 Å². The molecule has 5 nitrogen and oxygen atoms in total. The minimum atomic E-state index is -6.72. The van der Waals surface area contributed by atoms with Crippen LogP contribution < -0.4 is 0 Å². The number of halogens is 7. The summed E-state index contributed by atoms with van der Waals surface area (Å²) >= 11 is 6.53. The zero-order valence-corrected chi connectivity index (χ0v) is 25.3. The largest absolute Gasteiger partial charge is 0.480 e. The molecule has 35 heavy (non-hydrogen) atoms. The Kier molecular flexibility index (Phi) is 16.8. The summed E-state index contributed by atoms with van der Waals surface area (Å²) in [6.07, 6.45) is 16.1. The van der Waals surface area contributed by atoms with Gasteiger partial charge >= 0.3 is 11.0 Å². The lowest BCUT2D eigenvalue weighted by Gasteiger charge is -2.28. The molecule has 0 heterocycles. The van der Waals surface area contributed by atoms with Gasteiger partial charge < -0.3 is 4.13 Å². The molecule has 0 unspecified atom stereocenters. The minimum absolute atomic E-state index is 0.668. The lowest BCUT2D eigenvalue weighted by atomic mass is 10.4. The molecule has 0 atom stereocenters. The van der Waals surface area contributed by atoms with Gasteiger partial charge in [0.05, 0.1) is 24.6 Å². The Hall–Kier alpha value is 0.377. The first-order chi connectivity index (χ1) is 15.6. The molecule has 0 aliphatic carbocycles. The van der Waals surface area contributed by atoms with Gasteiger partial charge in [0.2, 0.25) is 0 Å². The average molecular weight is 618 g/mol. The monoisotopic (exact) mass is 617 g/mol. The number of rotatable bonds is 15.